The van der Waals surface area contributed by atoms with E-state index >= 15 is 0 Å². The van der Waals surface area contributed by atoms with Gasteiger partial charge in [-0.25, -0.2) is 0 Å². The van der Waals surface area contributed by atoms with E-state index in [1.807, 2.05) is 36.1 Å². The molecule has 0 unspecified atom stereocenters. The minimum Gasteiger partial charge on any atom is -0.476 e. The minimum atomic E-state index is -0.929. The molecule has 2 amide bonds. The molecule has 1 fully saturated rings. The Morgan fingerprint density at radius 1 is 1.10 bits per heavy atom. The normalized spacial score (nSPS) is 18.5. The van der Waals surface area contributed by atoms with Gasteiger partial charge in [-0.05, 0) is 69.2 Å². The van der Waals surface area contributed by atoms with Crippen LogP contribution < -0.4 is 9.64 Å². The molecule has 0 aliphatic carbocycles. The molecule has 5 nitrogen and oxygen atoms in total. The smallest absolute Gasteiger partial charge is 0.270 e. The van der Waals surface area contributed by atoms with Crippen molar-refractivity contribution in [3.8, 4) is 5.75 Å². The standard InChI is InChI=1S/C26H32N2O3/c1-19-9-10-23-22(17-19)28(25(30)26(2,3)31-23)16-13-24(29)27-14-11-21(12-15-27)18-20-7-5-4-6-8-20/h4-10,17,21H,11-16,18H2,1-3H3. The van der Waals surface area contributed by atoms with Crippen LogP contribution in [0.1, 0.15) is 44.2 Å². The molecule has 1 saturated heterocycles. The van der Waals surface area contributed by atoms with Gasteiger partial charge >= 0.3 is 0 Å². The molecule has 2 aromatic carbocycles. The number of piperidine rings is 1. The van der Waals surface area contributed by atoms with E-state index in [9.17, 15) is 9.59 Å². The van der Waals surface area contributed by atoms with Crippen molar-refractivity contribution in [3.63, 3.8) is 0 Å². The molecule has 31 heavy (non-hydrogen) atoms. The lowest BCUT2D eigenvalue weighted by molar-refractivity contribution is -0.134. The zero-order valence-electron chi connectivity index (χ0n) is 18.8. The van der Waals surface area contributed by atoms with E-state index < -0.39 is 5.60 Å². The van der Waals surface area contributed by atoms with Crippen molar-refractivity contribution in [3.05, 3.63) is 59.7 Å². The molecule has 2 aliphatic rings. The Kier molecular flexibility index (Phi) is 6.03. The van der Waals surface area contributed by atoms with Crippen molar-refractivity contribution >= 4 is 17.5 Å². The number of likely N-dealkylation sites (tertiary alicyclic amines) is 1. The second-order valence-corrected chi connectivity index (χ2v) is 9.30. The first-order chi connectivity index (χ1) is 14.8. The molecule has 0 atom stereocenters. The summed E-state index contributed by atoms with van der Waals surface area (Å²) in [6.45, 7) is 7.54. The van der Waals surface area contributed by atoms with Crippen LogP contribution in [0.25, 0.3) is 0 Å². The van der Waals surface area contributed by atoms with E-state index in [-0.39, 0.29) is 11.8 Å². The third-order valence-corrected chi connectivity index (χ3v) is 6.41. The maximum Gasteiger partial charge on any atom is 0.270 e. The van der Waals surface area contributed by atoms with Crippen LogP contribution in [0.15, 0.2) is 48.5 Å². The number of ether oxygens (including phenoxy) is 1. The van der Waals surface area contributed by atoms with E-state index in [0.29, 0.717) is 24.6 Å². The Labute approximate surface area is 185 Å². The Bertz CT molecular complexity index is 946. The molecule has 0 spiro atoms. The van der Waals surface area contributed by atoms with Gasteiger partial charge in [0.2, 0.25) is 5.91 Å². The Balaban J connectivity index is 1.35. The summed E-state index contributed by atoms with van der Waals surface area (Å²) in [5.74, 6) is 1.36. The predicted molar refractivity (Wildman–Crippen MR) is 122 cm³/mol. The Hall–Kier alpha value is -2.82. The van der Waals surface area contributed by atoms with E-state index in [4.69, 9.17) is 4.74 Å². The topological polar surface area (TPSA) is 49.9 Å². The number of fused-ring (bicyclic) bond motifs is 1. The lowest BCUT2D eigenvalue weighted by atomic mass is 9.90. The number of hydrogen-bond donors (Lipinski definition) is 0. The van der Waals surface area contributed by atoms with Crippen molar-refractivity contribution in [1.29, 1.82) is 0 Å². The molecule has 2 heterocycles. The van der Waals surface area contributed by atoms with Crippen molar-refractivity contribution < 1.29 is 14.3 Å². The molecule has 5 heteroatoms. The van der Waals surface area contributed by atoms with E-state index in [0.717, 1.165) is 43.6 Å². The molecule has 4 rings (SSSR count). The van der Waals surface area contributed by atoms with Crippen LogP contribution in [0.4, 0.5) is 5.69 Å². The van der Waals surface area contributed by atoms with Crippen LogP contribution in [0, 0.1) is 12.8 Å². The molecule has 0 bridgehead atoms. The van der Waals surface area contributed by atoms with Gasteiger partial charge in [-0.1, -0.05) is 36.4 Å². The zero-order valence-corrected chi connectivity index (χ0v) is 18.8. The largest absolute Gasteiger partial charge is 0.476 e. The molecular weight excluding hydrogens is 388 g/mol. The number of hydrogen-bond acceptors (Lipinski definition) is 3. The summed E-state index contributed by atoms with van der Waals surface area (Å²) >= 11 is 0. The van der Waals surface area contributed by atoms with Gasteiger partial charge in [0, 0.05) is 26.1 Å². The maximum absolute atomic E-state index is 13.0. The average molecular weight is 421 g/mol. The van der Waals surface area contributed by atoms with Gasteiger partial charge in [0.15, 0.2) is 5.60 Å². The first kappa shape index (κ1) is 21.4. The third kappa shape index (κ3) is 4.76. The summed E-state index contributed by atoms with van der Waals surface area (Å²) in [5, 5.41) is 0. The van der Waals surface area contributed by atoms with E-state index in [1.54, 1.807) is 18.7 Å². The van der Waals surface area contributed by atoms with Gasteiger partial charge in [0.1, 0.15) is 5.75 Å². The summed E-state index contributed by atoms with van der Waals surface area (Å²) < 4.78 is 5.91. The number of nitrogens with zero attached hydrogens (tertiary/aromatic N) is 2. The van der Waals surface area contributed by atoms with Crippen LogP contribution in [-0.2, 0) is 16.0 Å². The molecule has 0 N–H and O–H groups in total. The average Bonchev–Trinajstić information content (AvgIpc) is 2.75. The highest BCUT2D eigenvalue weighted by Crippen LogP contribution is 2.38. The first-order valence-electron chi connectivity index (χ1n) is 11.3. The highest BCUT2D eigenvalue weighted by atomic mass is 16.5. The van der Waals surface area contributed by atoms with Crippen molar-refractivity contribution in [1.82, 2.24) is 4.90 Å². The SMILES string of the molecule is Cc1ccc2c(c1)N(CCC(=O)N1CCC(Cc3ccccc3)CC1)C(=O)C(C)(C)O2. The van der Waals surface area contributed by atoms with Gasteiger partial charge in [-0.2, -0.15) is 0 Å². The Morgan fingerprint density at radius 2 is 1.81 bits per heavy atom. The van der Waals surface area contributed by atoms with Crippen LogP contribution in [0.2, 0.25) is 0 Å². The number of amides is 2. The summed E-state index contributed by atoms with van der Waals surface area (Å²) in [4.78, 5) is 29.6. The van der Waals surface area contributed by atoms with E-state index in [2.05, 4.69) is 24.3 Å². The second-order valence-electron chi connectivity index (χ2n) is 9.30. The fourth-order valence-corrected chi connectivity index (χ4v) is 4.60. The number of carbonyl (C=O) groups is 2. The van der Waals surface area contributed by atoms with E-state index in [1.165, 1.54) is 5.56 Å². The number of anilines is 1. The summed E-state index contributed by atoms with van der Waals surface area (Å²) in [7, 11) is 0. The number of carbonyl (C=O) groups excluding carboxylic acids is 2. The van der Waals surface area contributed by atoms with Crippen molar-refractivity contribution in [2.75, 3.05) is 24.5 Å². The highest BCUT2D eigenvalue weighted by Gasteiger charge is 2.41. The number of benzene rings is 2. The van der Waals surface area contributed by atoms with Crippen LogP contribution >= 0.6 is 0 Å². The Morgan fingerprint density at radius 3 is 2.52 bits per heavy atom. The zero-order chi connectivity index (χ0) is 22.0. The monoisotopic (exact) mass is 420 g/mol. The summed E-state index contributed by atoms with van der Waals surface area (Å²) in [6, 6.07) is 16.4. The first-order valence-corrected chi connectivity index (χ1v) is 11.3. The predicted octanol–water partition coefficient (Wildman–Crippen LogP) is 4.37. The molecule has 0 radical (unpaired) electrons. The molecule has 164 valence electrons. The molecule has 2 aliphatic heterocycles. The number of rotatable bonds is 5. The summed E-state index contributed by atoms with van der Waals surface area (Å²) in [6.07, 6.45) is 3.48. The van der Waals surface area contributed by atoms with Crippen LogP contribution in [0.5, 0.6) is 5.75 Å². The number of aryl methyl sites for hydroxylation is 1. The second kappa shape index (κ2) is 8.74. The lowest BCUT2D eigenvalue weighted by Gasteiger charge is -2.39. The molecular formula is C26H32N2O3. The molecule has 2 aromatic rings. The minimum absolute atomic E-state index is 0.0973. The molecule has 0 aromatic heterocycles. The lowest BCUT2D eigenvalue weighted by Crippen LogP contribution is -2.53. The quantitative estimate of drug-likeness (QED) is 0.722. The third-order valence-electron chi connectivity index (χ3n) is 6.41. The van der Waals surface area contributed by atoms with Gasteiger partial charge in [0.05, 0.1) is 5.69 Å². The maximum atomic E-state index is 13.0. The van der Waals surface area contributed by atoms with Crippen LogP contribution in [0.3, 0.4) is 0 Å². The van der Waals surface area contributed by atoms with Crippen molar-refractivity contribution in [2.24, 2.45) is 5.92 Å². The molecule has 0 saturated carbocycles. The fraction of sp³-hybridized carbons (Fsp3) is 0.462. The summed E-state index contributed by atoms with van der Waals surface area (Å²) in [5.41, 5.74) is 2.27. The highest BCUT2D eigenvalue weighted by molar-refractivity contribution is 6.02. The van der Waals surface area contributed by atoms with Crippen LogP contribution in [-0.4, -0.2) is 41.9 Å². The van der Waals surface area contributed by atoms with Crippen molar-refractivity contribution in [2.45, 2.75) is 52.1 Å². The van der Waals surface area contributed by atoms with Gasteiger partial charge in [0.25, 0.3) is 5.91 Å². The van der Waals surface area contributed by atoms with Gasteiger partial charge in [-0.3, -0.25) is 9.59 Å². The fourth-order valence-electron chi connectivity index (χ4n) is 4.60. The van der Waals surface area contributed by atoms with Gasteiger partial charge < -0.3 is 14.5 Å². The van der Waals surface area contributed by atoms with Gasteiger partial charge in [-0.15, -0.1) is 0 Å².